The van der Waals surface area contributed by atoms with E-state index < -0.39 is 6.09 Å². The Bertz CT molecular complexity index is 671. The molecule has 2 rings (SSSR count). The zero-order valence-corrected chi connectivity index (χ0v) is 13.5. The van der Waals surface area contributed by atoms with Crippen LogP contribution in [0.3, 0.4) is 0 Å². The monoisotopic (exact) mass is 312 g/mol. The van der Waals surface area contributed by atoms with E-state index in [1.807, 2.05) is 30.1 Å². The zero-order valence-electron chi connectivity index (χ0n) is 13.5. The van der Waals surface area contributed by atoms with Crippen LogP contribution in [-0.2, 0) is 6.54 Å². The number of hydrogen-bond donors (Lipinski definition) is 0. The van der Waals surface area contributed by atoms with E-state index in [-0.39, 0.29) is 0 Å². The van der Waals surface area contributed by atoms with Crippen molar-refractivity contribution in [3.8, 4) is 5.75 Å². The second kappa shape index (κ2) is 7.93. The van der Waals surface area contributed by atoms with Crippen LogP contribution in [-0.4, -0.2) is 48.4 Å². The van der Waals surface area contributed by atoms with Crippen LogP contribution in [0.1, 0.15) is 5.56 Å². The Morgan fingerprint density at radius 1 is 1.17 bits per heavy atom. The van der Waals surface area contributed by atoms with E-state index in [0.717, 1.165) is 6.54 Å². The minimum atomic E-state index is -0.466. The Hall–Kier alpha value is -2.89. The molecular weight excluding hydrogens is 292 g/mol. The highest BCUT2D eigenvalue weighted by Gasteiger charge is 2.10. The molecule has 23 heavy (non-hydrogen) atoms. The second-order valence-electron chi connectivity index (χ2n) is 5.23. The van der Waals surface area contributed by atoms with Gasteiger partial charge in [0.2, 0.25) is 0 Å². The number of nitrogens with zero attached hydrogens (tertiary/aromatic N) is 4. The number of benzene rings is 1. The van der Waals surface area contributed by atoms with Crippen LogP contribution in [0.5, 0.6) is 5.75 Å². The molecule has 0 atom stereocenters. The summed E-state index contributed by atoms with van der Waals surface area (Å²) < 4.78 is 5.25. The van der Waals surface area contributed by atoms with Gasteiger partial charge in [0.05, 0.1) is 6.34 Å². The zero-order chi connectivity index (χ0) is 16.7. The van der Waals surface area contributed by atoms with Gasteiger partial charge in [0.15, 0.2) is 11.6 Å². The summed E-state index contributed by atoms with van der Waals surface area (Å²) >= 11 is 0. The van der Waals surface area contributed by atoms with Crippen LogP contribution in [0, 0.1) is 0 Å². The molecule has 1 aromatic heterocycles. The summed E-state index contributed by atoms with van der Waals surface area (Å²) in [6, 6.07) is 13.4. The molecule has 0 aliphatic carbocycles. The lowest BCUT2D eigenvalue weighted by molar-refractivity contribution is 0.172. The summed E-state index contributed by atoms with van der Waals surface area (Å²) in [6.07, 6.45) is 2.81. The Labute approximate surface area is 136 Å². The standard InChI is InChI=1S/C17H20N4O2/c1-20(2)17(22)23-15-10-7-11-18-16(15)19-13-21(3)12-14-8-5-4-6-9-14/h4-11,13H,12H2,1-3H3. The summed E-state index contributed by atoms with van der Waals surface area (Å²) in [4.78, 5) is 23.4. The van der Waals surface area contributed by atoms with Gasteiger partial charge in [0, 0.05) is 33.9 Å². The highest BCUT2D eigenvalue weighted by atomic mass is 16.6. The van der Waals surface area contributed by atoms with Gasteiger partial charge in [0.25, 0.3) is 0 Å². The number of rotatable bonds is 5. The summed E-state index contributed by atoms with van der Waals surface area (Å²) in [5.74, 6) is 0.693. The first-order chi connectivity index (χ1) is 11.1. The highest BCUT2D eigenvalue weighted by Crippen LogP contribution is 2.24. The minimum absolute atomic E-state index is 0.329. The molecule has 2 aromatic rings. The van der Waals surface area contributed by atoms with E-state index in [1.165, 1.54) is 10.5 Å². The molecule has 0 aliphatic rings. The fourth-order valence-corrected chi connectivity index (χ4v) is 1.81. The first kappa shape index (κ1) is 16.5. The van der Waals surface area contributed by atoms with Gasteiger partial charge in [-0.2, -0.15) is 0 Å². The number of pyridine rings is 1. The molecule has 1 aromatic carbocycles. The molecule has 0 bridgehead atoms. The van der Waals surface area contributed by atoms with Gasteiger partial charge in [0.1, 0.15) is 0 Å². The quantitative estimate of drug-likeness (QED) is 0.629. The van der Waals surface area contributed by atoms with Gasteiger partial charge in [-0.15, -0.1) is 0 Å². The summed E-state index contributed by atoms with van der Waals surface area (Å²) in [5, 5.41) is 0. The van der Waals surface area contributed by atoms with Gasteiger partial charge in [-0.1, -0.05) is 30.3 Å². The lowest BCUT2D eigenvalue weighted by Crippen LogP contribution is -2.25. The van der Waals surface area contributed by atoms with Crippen molar-refractivity contribution in [1.82, 2.24) is 14.8 Å². The Morgan fingerprint density at radius 3 is 2.61 bits per heavy atom. The van der Waals surface area contributed by atoms with E-state index in [4.69, 9.17) is 4.74 Å². The van der Waals surface area contributed by atoms with Crippen LogP contribution in [0.2, 0.25) is 0 Å². The molecule has 0 fully saturated rings. The summed E-state index contributed by atoms with van der Waals surface area (Å²) in [5.41, 5.74) is 1.18. The van der Waals surface area contributed by atoms with Crippen molar-refractivity contribution >= 4 is 18.2 Å². The lowest BCUT2D eigenvalue weighted by atomic mass is 10.2. The van der Waals surface area contributed by atoms with Crippen molar-refractivity contribution in [3.63, 3.8) is 0 Å². The van der Waals surface area contributed by atoms with Crippen molar-refractivity contribution in [2.75, 3.05) is 21.1 Å². The van der Waals surface area contributed by atoms with Crippen molar-refractivity contribution in [2.45, 2.75) is 6.54 Å². The predicted octanol–water partition coefficient (Wildman–Crippen LogP) is 2.93. The number of aliphatic imine (C=N–C) groups is 1. The largest absolute Gasteiger partial charge is 0.414 e. The molecule has 1 amide bonds. The SMILES string of the molecule is CN(C=Nc1ncccc1OC(=O)N(C)C)Cc1ccccc1. The van der Waals surface area contributed by atoms with Crippen molar-refractivity contribution in [3.05, 3.63) is 54.2 Å². The van der Waals surface area contributed by atoms with Crippen molar-refractivity contribution in [2.24, 2.45) is 4.99 Å². The first-order valence-electron chi connectivity index (χ1n) is 7.19. The van der Waals surface area contributed by atoms with Gasteiger partial charge in [-0.25, -0.2) is 14.8 Å². The number of carbonyl (C=O) groups is 1. The maximum absolute atomic E-state index is 11.7. The highest BCUT2D eigenvalue weighted by molar-refractivity contribution is 5.72. The van der Waals surface area contributed by atoms with Crippen LogP contribution < -0.4 is 4.74 Å². The second-order valence-corrected chi connectivity index (χ2v) is 5.23. The lowest BCUT2D eigenvalue weighted by Gasteiger charge is -2.14. The number of aromatic nitrogens is 1. The molecule has 6 nitrogen and oxygen atoms in total. The van der Waals surface area contributed by atoms with Gasteiger partial charge < -0.3 is 14.5 Å². The van der Waals surface area contributed by atoms with Crippen LogP contribution in [0.25, 0.3) is 0 Å². The average molecular weight is 312 g/mol. The van der Waals surface area contributed by atoms with Crippen molar-refractivity contribution in [1.29, 1.82) is 0 Å². The molecule has 6 heteroatoms. The number of ether oxygens (including phenoxy) is 1. The van der Waals surface area contributed by atoms with Crippen LogP contribution >= 0.6 is 0 Å². The Kier molecular flexibility index (Phi) is 5.68. The molecule has 0 N–H and O–H groups in total. The third-order valence-electron chi connectivity index (χ3n) is 2.97. The van der Waals surface area contributed by atoms with E-state index >= 15 is 0 Å². The molecule has 0 saturated heterocycles. The van der Waals surface area contributed by atoms with Gasteiger partial charge >= 0.3 is 6.09 Å². The third-order valence-corrected chi connectivity index (χ3v) is 2.97. The normalized spacial score (nSPS) is 10.6. The average Bonchev–Trinajstić information content (AvgIpc) is 2.55. The first-order valence-corrected chi connectivity index (χ1v) is 7.19. The minimum Gasteiger partial charge on any atom is -0.406 e. The number of amides is 1. The van der Waals surface area contributed by atoms with Crippen LogP contribution in [0.15, 0.2) is 53.7 Å². The number of carbonyl (C=O) groups excluding carboxylic acids is 1. The fraction of sp³-hybridized carbons (Fsp3) is 0.235. The molecule has 0 unspecified atom stereocenters. The predicted molar refractivity (Wildman–Crippen MR) is 90.0 cm³/mol. The van der Waals surface area contributed by atoms with E-state index in [2.05, 4.69) is 22.1 Å². The Morgan fingerprint density at radius 2 is 1.91 bits per heavy atom. The molecule has 1 heterocycles. The third kappa shape index (κ3) is 5.10. The molecule has 0 spiro atoms. The maximum Gasteiger partial charge on any atom is 0.414 e. The van der Waals surface area contributed by atoms with Crippen molar-refractivity contribution < 1.29 is 9.53 Å². The molecule has 0 saturated carbocycles. The van der Waals surface area contributed by atoms with Gasteiger partial charge in [-0.3, -0.25) is 0 Å². The van der Waals surface area contributed by atoms with E-state index in [9.17, 15) is 4.79 Å². The summed E-state index contributed by atoms with van der Waals surface area (Å²) in [7, 11) is 5.16. The van der Waals surface area contributed by atoms with Gasteiger partial charge in [-0.05, 0) is 17.7 Å². The topological polar surface area (TPSA) is 58.0 Å². The molecule has 0 radical (unpaired) electrons. The molecule has 0 aliphatic heterocycles. The van der Waals surface area contributed by atoms with E-state index in [0.29, 0.717) is 11.6 Å². The van der Waals surface area contributed by atoms with Crippen LogP contribution in [0.4, 0.5) is 10.6 Å². The number of hydrogen-bond acceptors (Lipinski definition) is 4. The maximum atomic E-state index is 11.7. The van der Waals surface area contributed by atoms with E-state index in [1.54, 1.807) is 38.8 Å². The Balaban J connectivity index is 2.05. The fourth-order valence-electron chi connectivity index (χ4n) is 1.81. The molecular formula is C17H20N4O2. The summed E-state index contributed by atoms with van der Waals surface area (Å²) in [6.45, 7) is 0.726. The smallest absolute Gasteiger partial charge is 0.406 e. The molecule has 120 valence electrons.